The molecule has 1 aromatic rings. The number of likely N-dealkylation sites (N-methyl/N-ethyl adjacent to an activating group) is 1. The molecule has 1 aromatic heterocycles. The highest BCUT2D eigenvalue weighted by Gasteiger charge is 2.46. The number of anilines is 1. The fourth-order valence-electron chi connectivity index (χ4n) is 2.83. The zero-order valence-corrected chi connectivity index (χ0v) is 12.9. The van der Waals surface area contributed by atoms with Gasteiger partial charge in [-0.3, -0.25) is 9.59 Å². The van der Waals surface area contributed by atoms with Gasteiger partial charge in [0.2, 0.25) is 11.9 Å². The van der Waals surface area contributed by atoms with Gasteiger partial charge in [-0.1, -0.05) is 0 Å². The first-order valence-corrected chi connectivity index (χ1v) is 6.90. The van der Waals surface area contributed by atoms with Crippen molar-refractivity contribution in [1.82, 2.24) is 19.8 Å². The summed E-state index contributed by atoms with van der Waals surface area (Å²) in [5, 5.41) is 0. The Kier molecular flexibility index (Phi) is 3.85. The summed E-state index contributed by atoms with van der Waals surface area (Å²) >= 11 is 0. The molecule has 2 N–H and O–H groups in total. The number of carbonyl (C=O) groups excluding carboxylic acids is 2. The summed E-state index contributed by atoms with van der Waals surface area (Å²) in [4.78, 5) is 36.2. The van der Waals surface area contributed by atoms with Crippen molar-refractivity contribution in [2.24, 2.45) is 0 Å². The molecule has 0 unspecified atom stereocenters. The topological polar surface area (TPSA) is 92.4 Å². The van der Waals surface area contributed by atoms with E-state index in [1.165, 1.54) is 11.1 Å². The maximum absolute atomic E-state index is 12.8. The lowest BCUT2D eigenvalue weighted by Gasteiger charge is -2.36. The van der Waals surface area contributed by atoms with E-state index in [1.54, 1.807) is 25.9 Å². The molecule has 0 saturated carbocycles. The fourth-order valence-corrected chi connectivity index (χ4v) is 2.83. The van der Waals surface area contributed by atoms with Gasteiger partial charge in [-0.15, -0.1) is 0 Å². The van der Waals surface area contributed by atoms with Crippen LogP contribution in [0.4, 0.5) is 5.95 Å². The van der Waals surface area contributed by atoms with Crippen LogP contribution >= 0.6 is 0 Å². The molecule has 1 fully saturated rings. The molecule has 2 amide bonds. The van der Waals surface area contributed by atoms with Gasteiger partial charge in [-0.2, -0.15) is 0 Å². The Balaban J connectivity index is 2.36. The number of amides is 2. The number of hydrogen-bond acceptors (Lipinski definition) is 5. The van der Waals surface area contributed by atoms with Crippen molar-refractivity contribution < 1.29 is 9.59 Å². The van der Waals surface area contributed by atoms with Crippen molar-refractivity contribution in [3.8, 4) is 0 Å². The summed E-state index contributed by atoms with van der Waals surface area (Å²) in [6, 6.07) is 0. The summed E-state index contributed by atoms with van der Waals surface area (Å²) < 4.78 is 0. The van der Waals surface area contributed by atoms with E-state index < -0.39 is 5.54 Å². The number of nitrogens with two attached hydrogens (primary N) is 1. The van der Waals surface area contributed by atoms with E-state index in [-0.39, 0.29) is 17.8 Å². The number of nitrogens with zero attached hydrogens (tertiary/aromatic N) is 4. The molecule has 2 heterocycles. The van der Waals surface area contributed by atoms with Gasteiger partial charge in [0, 0.05) is 26.8 Å². The minimum atomic E-state index is -0.811. The summed E-state index contributed by atoms with van der Waals surface area (Å²) in [6.07, 6.45) is 2.89. The van der Waals surface area contributed by atoms with E-state index >= 15 is 0 Å². The van der Waals surface area contributed by atoms with Crippen LogP contribution in [-0.2, 0) is 4.79 Å². The molecule has 7 nitrogen and oxygen atoms in total. The van der Waals surface area contributed by atoms with Crippen LogP contribution in [0.2, 0.25) is 0 Å². The molecular weight excluding hydrogens is 270 g/mol. The number of aromatic nitrogens is 2. The molecule has 0 aliphatic carbocycles. The number of aryl methyl sites for hydroxylation is 1. The molecule has 0 bridgehead atoms. The van der Waals surface area contributed by atoms with Gasteiger partial charge in [0.15, 0.2) is 0 Å². The molecule has 1 aliphatic rings. The van der Waals surface area contributed by atoms with E-state index in [0.717, 1.165) is 6.42 Å². The molecule has 0 spiro atoms. The first-order valence-electron chi connectivity index (χ1n) is 6.90. The lowest BCUT2D eigenvalue weighted by molar-refractivity contribution is -0.138. The van der Waals surface area contributed by atoms with Gasteiger partial charge in [0.25, 0.3) is 5.91 Å². The second-order valence-corrected chi connectivity index (χ2v) is 5.76. The quantitative estimate of drug-likeness (QED) is 0.854. The van der Waals surface area contributed by atoms with Crippen molar-refractivity contribution >= 4 is 17.8 Å². The first-order chi connectivity index (χ1) is 9.77. The molecule has 1 atom stereocenters. The third-order valence-corrected chi connectivity index (χ3v) is 3.98. The smallest absolute Gasteiger partial charge is 0.258 e. The van der Waals surface area contributed by atoms with Crippen LogP contribution in [0.1, 0.15) is 35.8 Å². The summed E-state index contributed by atoms with van der Waals surface area (Å²) in [5.41, 5.74) is 5.62. The largest absolute Gasteiger partial charge is 0.368 e. The maximum Gasteiger partial charge on any atom is 0.258 e. The number of hydrogen-bond donors (Lipinski definition) is 1. The Hall–Kier alpha value is -2.18. The average molecular weight is 291 g/mol. The predicted molar refractivity (Wildman–Crippen MR) is 78.6 cm³/mol. The van der Waals surface area contributed by atoms with Gasteiger partial charge >= 0.3 is 0 Å². The van der Waals surface area contributed by atoms with Gasteiger partial charge in [-0.25, -0.2) is 9.97 Å². The SMILES string of the molecule is Cc1nc(N)ncc1C(=O)N1CCC[C@@]1(C)C(=O)N(C)C. The molecular formula is C14H21N5O2. The number of rotatable bonds is 2. The van der Waals surface area contributed by atoms with Crippen LogP contribution in [0.25, 0.3) is 0 Å². The van der Waals surface area contributed by atoms with Crippen LogP contribution in [0.5, 0.6) is 0 Å². The van der Waals surface area contributed by atoms with Gasteiger partial charge in [0.1, 0.15) is 5.54 Å². The highest BCUT2D eigenvalue weighted by Crippen LogP contribution is 2.32. The molecule has 2 rings (SSSR count). The number of nitrogen functional groups attached to an aromatic ring is 1. The predicted octanol–water partition coefficient (Wildman–Crippen LogP) is 0.450. The Morgan fingerprint density at radius 2 is 2.10 bits per heavy atom. The Morgan fingerprint density at radius 1 is 1.43 bits per heavy atom. The summed E-state index contributed by atoms with van der Waals surface area (Å²) in [5.74, 6) is -0.150. The van der Waals surface area contributed by atoms with Crippen molar-refractivity contribution in [2.75, 3.05) is 26.4 Å². The second-order valence-electron chi connectivity index (χ2n) is 5.76. The Labute approximate surface area is 124 Å². The van der Waals surface area contributed by atoms with Crippen LogP contribution in [0.15, 0.2) is 6.20 Å². The highest BCUT2D eigenvalue weighted by atomic mass is 16.2. The molecule has 1 aliphatic heterocycles. The normalized spacial score (nSPS) is 21.4. The minimum Gasteiger partial charge on any atom is -0.368 e. The van der Waals surface area contributed by atoms with Gasteiger partial charge in [-0.05, 0) is 26.7 Å². The van der Waals surface area contributed by atoms with E-state index in [9.17, 15) is 9.59 Å². The lowest BCUT2D eigenvalue weighted by Crippen LogP contribution is -2.55. The van der Waals surface area contributed by atoms with Gasteiger partial charge < -0.3 is 15.5 Å². The van der Waals surface area contributed by atoms with E-state index in [4.69, 9.17) is 5.73 Å². The highest BCUT2D eigenvalue weighted by molar-refractivity contribution is 6.00. The minimum absolute atomic E-state index is 0.0673. The molecule has 114 valence electrons. The number of carbonyl (C=O) groups is 2. The van der Waals surface area contributed by atoms with Crippen molar-refractivity contribution in [2.45, 2.75) is 32.2 Å². The second kappa shape index (κ2) is 5.31. The van der Waals surface area contributed by atoms with E-state index in [0.29, 0.717) is 24.2 Å². The average Bonchev–Trinajstić information content (AvgIpc) is 2.80. The van der Waals surface area contributed by atoms with Crippen molar-refractivity contribution in [3.63, 3.8) is 0 Å². The maximum atomic E-state index is 12.8. The number of likely N-dealkylation sites (tertiary alicyclic amines) is 1. The van der Waals surface area contributed by atoms with Crippen LogP contribution in [0, 0.1) is 6.92 Å². The monoisotopic (exact) mass is 291 g/mol. The molecule has 7 heteroatoms. The molecule has 21 heavy (non-hydrogen) atoms. The first kappa shape index (κ1) is 15.2. The van der Waals surface area contributed by atoms with Crippen LogP contribution in [-0.4, -0.2) is 57.8 Å². The zero-order valence-electron chi connectivity index (χ0n) is 12.9. The fraction of sp³-hybridized carbons (Fsp3) is 0.571. The Bertz CT molecular complexity index is 587. The summed E-state index contributed by atoms with van der Waals surface area (Å²) in [7, 11) is 3.40. The van der Waals surface area contributed by atoms with Crippen LogP contribution < -0.4 is 5.73 Å². The standard InChI is InChI=1S/C14H21N5O2/c1-9-10(8-16-13(15)17-9)11(20)19-7-5-6-14(19,2)12(21)18(3)4/h8H,5-7H2,1-4H3,(H2,15,16,17)/t14-/m0/s1. The molecule has 0 radical (unpaired) electrons. The molecule has 0 aromatic carbocycles. The van der Waals surface area contributed by atoms with E-state index in [2.05, 4.69) is 9.97 Å². The lowest BCUT2D eigenvalue weighted by atomic mass is 9.96. The third kappa shape index (κ3) is 2.55. The van der Waals surface area contributed by atoms with Crippen LogP contribution in [0.3, 0.4) is 0 Å². The third-order valence-electron chi connectivity index (χ3n) is 3.98. The van der Waals surface area contributed by atoms with E-state index in [1.807, 2.05) is 6.92 Å². The van der Waals surface area contributed by atoms with Crippen molar-refractivity contribution in [1.29, 1.82) is 0 Å². The van der Waals surface area contributed by atoms with Gasteiger partial charge in [0.05, 0.1) is 11.3 Å². The van der Waals surface area contributed by atoms with Crippen molar-refractivity contribution in [3.05, 3.63) is 17.5 Å². The zero-order chi connectivity index (χ0) is 15.8. The Morgan fingerprint density at radius 3 is 2.67 bits per heavy atom. The molecule has 1 saturated heterocycles. The summed E-state index contributed by atoms with van der Waals surface area (Å²) in [6.45, 7) is 4.08.